The van der Waals surface area contributed by atoms with Gasteiger partial charge < -0.3 is 36.0 Å². The van der Waals surface area contributed by atoms with Crippen LogP contribution in [0.5, 0.6) is 0 Å². The zero-order valence-electron chi connectivity index (χ0n) is 45.5. The number of hydrogen-bond acceptors (Lipinski definition) is 7. The van der Waals surface area contributed by atoms with Crippen LogP contribution in [0.15, 0.2) is 24.3 Å². The SMILES string of the molecule is C/C=C(\CC(N)CCC)c1ccc(F)cc1C.C1CC1.CC.CC(C)C.CN1CCCCCCCC(N(C)C(=O)CNC=O)C(=O)NCC(=O)N(C)CC1=O.O=C(N1CCC(F)C1)C1(C(F)(F)F)CC(F)(F)C1. The van der Waals surface area contributed by atoms with Gasteiger partial charge in [-0.15, -0.1) is 0 Å². The second-order valence-electron chi connectivity index (χ2n) is 19.6. The number of alkyl halides is 6. The first-order valence-electron chi connectivity index (χ1n) is 25.9. The Labute approximate surface area is 431 Å². The van der Waals surface area contributed by atoms with Crippen molar-refractivity contribution in [3.63, 3.8) is 0 Å². The lowest BCUT2D eigenvalue weighted by molar-refractivity contribution is -0.299. The molecule has 0 spiro atoms. The second-order valence-corrected chi connectivity index (χ2v) is 19.6. The van der Waals surface area contributed by atoms with Crippen LogP contribution in [0.3, 0.4) is 0 Å². The van der Waals surface area contributed by atoms with Crippen LogP contribution in [0, 0.1) is 24.1 Å². The number of carbonyl (C=O) groups excluding carboxylic acids is 6. The fourth-order valence-corrected chi connectivity index (χ4v) is 7.73. The van der Waals surface area contributed by atoms with Crippen LogP contribution in [0.1, 0.15) is 156 Å². The molecule has 6 amide bonds. The summed E-state index contributed by atoms with van der Waals surface area (Å²) >= 11 is 0. The first-order valence-corrected chi connectivity index (χ1v) is 25.9. The molecule has 1 aromatic carbocycles. The van der Waals surface area contributed by atoms with Crippen molar-refractivity contribution in [1.82, 2.24) is 30.2 Å². The van der Waals surface area contributed by atoms with Crippen molar-refractivity contribution < 1.29 is 59.5 Å². The fourth-order valence-electron chi connectivity index (χ4n) is 7.73. The quantitative estimate of drug-likeness (QED) is 0.155. The van der Waals surface area contributed by atoms with Gasteiger partial charge in [0.05, 0.1) is 26.2 Å². The lowest BCUT2D eigenvalue weighted by Gasteiger charge is -2.47. The summed E-state index contributed by atoms with van der Waals surface area (Å²) in [5, 5.41) is 4.87. The number of carbonyl (C=O) groups is 6. The van der Waals surface area contributed by atoms with E-state index in [1.165, 1.54) is 54.8 Å². The van der Waals surface area contributed by atoms with E-state index in [1.807, 2.05) is 33.8 Å². The van der Waals surface area contributed by atoms with E-state index >= 15 is 0 Å². The molecule has 13 nitrogen and oxygen atoms in total. The standard InChI is InChI=1S/C19H33N5O5.C15H22FN.C10H11F6NO.C4H10.C3H6.C2H6/c1-22-10-8-6-4-5-7-9-15(24(3)17(27)11-20-14-25)19(29)21-12-16(26)23(2)13-18(22)28;1-4-6-14(17)10-12(5-2)15-8-7-13(16)9-11(15)3;11-6-1-2-17(3-6)7(18)8(10(14,15)16)4-9(12,13)5-8;1-4(2)3;1-2-3-1;1-2/h14-15H,4-13H2,1-3H3,(H,20,25)(H,21,29);5,7-9,14H,4,6,10,17H2,1-3H3;6H,1-5H2;4H,1-3H3;1-3H2;1-2H3/b;12-5+;;;;. The van der Waals surface area contributed by atoms with Crippen LogP contribution in [0.25, 0.3) is 5.57 Å². The summed E-state index contributed by atoms with van der Waals surface area (Å²) < 4.78 is 89.9. The molecule has 0 aromatic heterocycles. The third kappa shape index (κ3) is 25.8. The maximum absolute atomic E-state index is 13.1. The summed E-state index contributed by atoms with van der Waals surface area (Å²) in [6.45, 7) is 16.1. The summed E-state index contributed by atoms with van der Waals surface area (Å²) in [6, 6.07) is 4.39. The molecule has 2 saturated carbocycles. The average molecular weight is 1050 g/mol. The van der Waals surface area contributed by atoms with Gasteiger partial charge in [0.15, 0.2) is 5.41 Å². The van der Waals surface area contributed by atoms with Crippen molar-refractivity contribution in [2.75, 3.05) is 60.4 Å². The number of hydrogen-bond donors (Lipinski definition) is 3. The highest BCUT2D eigenvalue weighted by Crippen LogP contribution is 2.61. The van der Waals surface area contributed by atoms with E-state index in [0.717, 1.165) is 68.4 Å². The lowest BCUT2D eigenvalue weighted by atomic mass is 9.64. The van der Waals surface area contributed by atoms with Crippen molar-refractivity contribution in [2.24, 2.45) is 17.1 Å². The molecule has 5 rings (SSSR count). The van der Waals surface area contributed by atoms with Gasteiger partial charge in [0, 0.05) is 53.1 Å². The number of allylic oxidation sites excluding steroid dienone is 1. The summed E-state index contributed by atoms with van der Waals surface area (Å²) in [6.07, 6.45) is 5.40. The number of rotatable bonds is 10. The van der Waals surface area contributed by atoms with Gasteiger partial charge in [0.2, 0.25) is 35.9 Å². The van der Waals surface area contributed by atoms with Crippen molar-refractivity contribution >= 4 is 41.5 Å². The Bertz CT molecular complexity index is 1850. The Balaban J connectivity index is 0.00000101. The lowest BCUT2D eigenvalue weighted by Crippen LogP contribution is -2.62. The predicted octanol–water partition coefficient (Wildman–Crippen LogP) is 9.39. The van der Waals surface area contributed by atoms with Crippen LogP contribution in [-0.2, 0) is 28.8 Å². The van der Waals surface area contributed by atoms with Gasteiger partial charge in [-0.1, -0.05) is 105 Å². The summed E-state index contributed by atoms with van der Waals surface area (Å²) in [5.41, 5.74) is 6.33. The highest BCUT2D eigenvalue weighted by atomic mass is 19.4. The first kappa shape index (κ1) is 68.2. The number of halogens is 7. The molecule has 20 heteroatoms. The molecule has 4 N–H and O–H groups in total. The number of nitrogens with one attached hydrogen (secondary N) is 2. The smallest absolute Gasteiger partial charge is 0.350 e. The molecule has 3 unspecified atom stereocenters. The van der Waals surface area contributed by atoms with Crippen molar-refractivity contribution in [3.8, 4) is 0 Å². The molecule has 420 valence electrons. The van der Waals surface area contributed by atoms with Crippen molar-refractivity contribution in [3.05, 3.63) is 41.2 Å². The minimum absolute atomic E-state index is 0.0456. The number of amides is 6. The molecule has 73 heavy (non-hydrogen) atoms. The number of nitrogens with zero attached hydrogens (tertiary/aromatic N) is 4. The minimum atomic E-state index is -5.03. The van der Waals surface area contributed by atoms with E-state index in [1.54, 1.807) is 18.0 Å². The molecule has 4 aliphatic rings. The number of benzene rings is 1. The van der Waals surface area contributed by atoms with E-state index in [4.69, 9.17) is 5.73 Å². The molecule has 1 aromatic rings. The summed E-state index contributed by atoms with van der Waals surface area (Å²) in [7, 11) is 4.75. The molecule has 4 fully saturated rings. The van der Waals surface area contributed by atoms with Crippen LogP contribution in [0.2, 0.25) is 0 Å². The molecule has 0 radical (unpaired) electrons. The molecule has 0 bridgehead atoms. The minimum Gasteiger partial charge on any atom is -0.350 e. The van der Waals surface area contributed by atoms with Crippen LogP contribution in [-0.4, -0.2) is 146 Å². The molecular formula is C53H88F7N7O6. The number of likely N-dealkylation sites (N-methyl/N-ethyl adjacent to an activating group) is 3. The highest BCUT2D eigenvalue weighted by molar-refractivity contribution is 5.92. The van der Waals surface area contributed by atoms with E-state index in [-0.39, 0.29) is 62.2 Å². The number of likely N-dealkylation sites (tertiary alicyclic amines) is 1. The van der Waals surface area contributed by atoms with Crippen LogP contribution in [0.4, 0.5) is 30.7 Å². The van der Waals surface area contributed by atoms with Gasteiger partial charge in [-0.25, -0.2) is 17.6 Å². The molecule has 2 aliphatic heterocycles. The zero-order valence-corrected chi connectivity index (χ0v) is 45.5. The van der Waals surface area contributed by atoms with Gasteiger partial charge in [-0.3, -0.25) is 28.8 Å². The van der Waals surface area contributed by atoms with Crippen LogP contribution < -0.4 is 16.4 Å². The van der Waals surface area contributed by atoms with Gasteiger partial charge >= 0.3 is 6.18 Å². The zero-order chi connectivity index (χ0) is 56.1. The second kappa shape index (κ2) is 34.7. The third-order valence-corrected chi connectivity index (χ3v) is 12.0. The Hall–Kier alpha value is -4.75. The van der Waals surface area contributed by atoms with E-state index in [0.29, 0.717) is 24.3 Å². The van der Waals surface area contributed by atoms with Gasteiger partial charge in [0.1, 0.15) is 18.0 Å². The third-order valence-electron chi connectivity index (χ3n) is 12.0. The van der Waals surface area contributed by atoms with E-state index in [2.05, 4.69) is 44.4 Å². The van der Waals surface area contributed by atoms with Crippen molar-refractivity contribution in [2.45, 2.75) is 182 Å². The molecule has 3 atom stereocenters. The maximum atomic E-state index is 13.1. The van der Waals surface area contributed by atoms with Crippen molar-refractivity contribution in [1.29, 1.82) is 0 Å². The Morgan fingerprint density at radius 3 is 1.97 bits per heavy atom. The summed E-state index contributed by atoms with van der Waals surface area (Å²) in [5.74, 6) is -5.58. The van der Waals surface area contributed by atoms with E-state index < -0.39 is 60.9 Å². The first-order chi connectivity index (χ1) is 34.2. The monoisotopic (exact) mass is 1050 g/mol. The van der Waals surface area contributed by atoms with Gasteiger partial charge in [-0.05, 0) is 80.7 Å². The largest absolute Gasteiger partial charge is 0.403 e. The predicted molar refractivity (Wildman–Crippen MR) is 273 cm³/mol. The topological polar surface area (TPSA) is 165 Å². The van der Waals surface area contributed by atoms with Gasteiger partial charge in [-0.2, -0.15) is 13.2 Å². The normalized spacial score (nSPS) is 20.5. The number of nitrogens with two attached hydrogens (primary N) is 1. The molecule has 2 aliphatic carbocycles. The average Bonchev–Trinajstić information content (AvgIpc) is 4.14. The van der Waals surface area contributed by atoms with E-state index in [9.17, 15) is 59.5 Å². The Morgan fingerprint density at radius 2 is 1.49 bits per heavy atom. The molecular weight excluding hydrogens is 964 g/mol. The summed E-state index contributed by atoms with van der Waals surface area (Å²) in [4.78, 5) is 76.4. The Kier molecular flexibility index (Phi) is 32.4. The molecule has 2 heterocycles. The maximum Gasteiger partial charge on any atom is 0.403 e. The fraction of sp³-hybridized carbons (Fsp3) is 0.736. The highest BCUT2D eigenvalue weighted by Gasteiger charge is 2.74. The van der Waals surface area contributed by atoms with Gasteiger partial charge in [0.25, 0.3) is 5.92 Å². The van der Waals surface area contributed by atoms with Crippen LogP contribution >= 0.6 is 0 Å². The number of aryl methyl sites for hydroxylation is 1. The Morgan fingerprint density at radius 1 is 0.932 bits per heavy atom. The molecule has 2 saturated heterocycles.